The molecule has 3 aliphatic carbocycles. The van der Waals surface area contributed by atoms with Crippen molar-refractivity contribution in [3.63, 3.8) is 0 Å². The Hall–Kier alpha value is -1.50. The summed E-state index contributed by atoms with van der Waals surface area (Å²) in [6.07, 6.45) is 1.04. The van der Waals surface area contributed by atoms with Crippen molar-refractivity contribution in [1.29, 1.82) is 0 Å². The molecule has 1 N–H and O–H groups in total. The van der Waals surface area contributed by atoms with E-state index in [0.29, 0.717) is 5.75 Å². The minimum atomic E-state index is 0.360. The molecule has 0 saturated carbocycles. The molecular formula is C11H8O. The molecule has 1 nitrogen and oxygen atoms in total. The van der Waals surface area contributed by atoms with Crippen molar-refractivity contribution in [3.05, 3.63) is 41.5 Å². The van der Waals surface area contributed by atoms with Crippen molar-refractivity contribution < 1.29 is 5.11 Å². The van der Waals surface area contributed by atoms with E-state index in [1.54, 1.807) is 6.07 Å². The van der Waals surface area contributed by atoms with Crippen LogP contribution in [0.15, 0.2) is 30.3 Å². The van der Waals surface area contributed by atoms with E-state index >= 15 is 0 Å². The third kappa shape index (κ3) is 0.589. The zero-order valence-electron chi connectivity index (χ0n) is 6.54. The Labute approximate surface area is 70.6 Å². The fourth-order valence-electron chi connectivity index (χ4n) is 1.97. The van der Waals surface area contributed by atoms with Gasteiger partial charge < -0.3 is 5.11 Å². The van der Waals surface area contributed by atoms with Gasteiger partial charge in [0.2, 0.25) is 0 Å². The Balaban J connectivity index is 2.50. The SMILES string of the molecule is Oc1ccc2c3ccc(c-3c1)C2. The highest BCUT2D eigenvalue weighted by Crippen LogP contribution is 2.40. The first-order chi connectivity index (χ1) is 5.84. The van der Waals surface area contributed by atoms with Gasteiger partial charge in [-0.2, -0.15) is 0 Å². The molecule has 0 aliphatic heterocycles. The van der Waals surface area contributed by atoms with E-state index in [4.69, 9.17) is 0 Å². The molecule has 0 aromatic rings. The smallest absolute Gasteiger partial charge is 0.116 e. The maximum absolute atomic E-state index is 9.36. The summed E-state index contributed by atoms with van der Waals surface area (Å²) in [5.74, 6) is 0.360. The van der Waals surface area contributed by atoms with Crippen LogP contribution in [0.3, 0.4) is 0 Å². The van der Waals surface area contributed by atoms with Gasteiger partial charge in [0.05, 0.1) is 0 Å². The van der Waals surface area contributed by atoms with Gasteiger partial charge >= 0.3 is 0 Å². The number of hydrogen-bond donors (Lipinski definition) is 1. The summed E-state index contributed by atoms with van der Waals surface area (Å²) in [6.45, 7) is 0. The van der Waals surface area contributed by atoms with Crippen molar-refractivity contribution in [3.8, 4) is 16.9 Å². The van der Waals surface area contributed by atoms with Crippen molar-refractivity contribution in [2.45, 2.75) is 6.42 Å². The Kier molecular flexibility index (Phi) is 0.912. The van der Waals surface area contributed by atoms with Crippen molar-refractivity contribution in [2.24, 2.45) is 0 Å². The monoisotopic (exact) mass is 156 g/mol. The standard InChI is InChI=1S/C11H8O/c12-9-3-1-7-5-8-2-4-10(7)11(8)6-9/h1-4,6,12H,5H2. The van der Waals surface area contributed by atoms with E-state index in [2.05, 4.69) is 12.1 Å². The summed E-state index contributed by atoms with van der Waals surface area (Å²) in [7, 11) is 0. The Morgan fingerprint density at radius 2 is 1.67 bits per heavy atom. The molecule has 4 bridgehead atoms. The van der Waals surface area contributed by atoms with Gasteiger partial charge in [0.1, 0.15) is 5.75 Å². The summed E-state index contributed by atoms with van der Waals surface area (Å²) in [5, 5.41) is 9.36. The van der Waals surface area contributed by atoms with Crippen molar-refractivity contribution in [2.75, 3.05) is 0 Å². The van der Waals surface area contributed by atoms with Crippen LogP contribution in [0, 0.1) is 0 Å². The van der Waals surface area contributed by atoms with Crippen LogP contribution in [0.4, 0.5) is 0 Å². The molecule has 58 valence electrons. The third-order valence-corrected chi connectivity index (χ3v) is 2.56. The largest absolute Gasteiger partial charge is 0.508 e. The molecule has 0 heterocycles. The third-order valence-electron chi connectivity index (χ3n) is 2.56. The highest BCUT2D eigenvalue weighted by atomic mass is 16.3. The van der Waals surface area contributed by atoms with Gasteiger partial charge in [-0.1, -0.05) is 18.2 Å². The van der Waals surface area contributed by atoms with Gasteiger partial charge in [-0.15, -0.1) is 0 Å². The summed E-state index contributed by atoms with van der Waals surface area (Å²) >= 11 is 0. The van der Waals surface area contributed by atoms with Gasteiger partial charge in [-0.25, -0.2) is 0 Å². The lowest BCUT2D eigenvalue weighted by atomic mass is 10.1. The van der Waals surface area contributed by atoms with Crippen molar-refractivity contribution in [1.82, 2.24) is 0 Å². The van der Waals surface area contributed by atoms with Gasteiger partial charge in [-0.3, -0.25) is 0 Å². The fourth-order valence-corrected chi connectivity index (χ4v) is 1.97. The van der Waals surface area contributed by atoms with Crippen LogP contribution in [0.5, 0.6) is 5.75 Å². The first kappa shape index (κ1) is 6.06. The maximum Gasteiger partial charge on any atom is 0.116 e. The van der Waals surface area contributed by atoms with Crippen LogP contribution in [-0.2, 0) is 6.42 Å². The molecule has 0 amide bonds. The molecule has 12 heavy (non-hydrogen) atoms. The molecule has 0 atom stereocenters. The quantitative estimate of drug-likeness (QED) is 0.530. The average Bonchev–Trinajstić information content (AvgIpc) is 2.51. The van der Waals surface area contributed by atoms with E-state index in [9.17, 15) is 5.11 Å². The lowest BCUT2D eigenvalue weighted by molar-refractivity contribution is 0.476. The van der Waals surface area contributed by atoms with Gasteiger partial charge in [0, 0.05) is 0 Å². The van der Waals surface area contributed by atoms with Crippen LogP contribution in [0.25, 0.3) is 11.1 Å². The van der Waals surface area contributed by atoms with Crippen LogP contribution in [-0.4, -0.2) is 5.11 Å². The van der Waals surface area contributed by atoms with Crippen LogP contribution in [0.2, 0.25) is 0 Å². The minimum absolute atomic E-state index is 0.360. The molecule has 0 spiro atoms. The zero-order chi connectivity index (χ0) is 8.13. The van der Waals surface area contributed by atoms with E-state index in [1.807, 2.05) is 12.1 Å². The molecule has 3 rings (SSSR count). The molecule has 0 saturated heterocycles. The predicted octanol–water partition coefficient (Wildman–Crippen LogP) is 2.40. The van der Waals surface area contributed by atoms with Crippen LogP contribution < -0.4 is 0 Å². The molecule has 0 aromatic carbocycles. The predicted molar refractivity (Wildman–Crippen MR) is 47.5 cm³/mol. The number of hydrogen-bond acceptors (Lipinski definition) is 1. The second-order valence-electron chi connectivity index (χ2n) is 3.29. The van der Waals surface area contributed by atoms with E-state index in [0.717, 1.165) is 6.42 Å². The highest BCUT2D eigenvalue weighted by molar-refractivity contribution is 5.80. The number of aromatic hydroxyl groups is 1. The van der Waals surface area contributed by atoms with E-state index < -0.39 is 0 Å². The normalized spacial score (nSPS) is 13.0. The molecule has 0 radical (unpaired) electrons. The molecule has 3 aliphatic rings. The fraction of sp³-hybridized carbons (Fsp3) is 0.0909. The topological polar surface area (TPSA) is 20.2 Å². The van der Waals surface area contributed by atoms with Gasteiger partial charge in [-0.05, 0) is 40.8 Å². The summed E-state index contributed by atoms with van der Waals surface area (Å²) in [5.41, 5.74) is 5.19. The molecule has 0 fully saturated rings. The lowest BCUT2D eigenvalue weighted by Crippen LogP contribution is -1.79. The van der Waals surface area contributed by atoms with Crippen LogP contribution in [0.1, 0.15) is 11.1 Å². The summed E-state index contributed by atoms with van der Waals surface area (Å²) in [4.78, 5) is 0. The Morgan fingerprint density at radius 3 is 2.58 bits per heavy atom. The van der Waals surface area contributed by atoms with Gasteiger partial charge in [0.15, 0.2) is 0 Å². The molecule has 0 aromatic heterocycles. The average molecular weight is 156 g/mol. The van der Waals surface area contributed by atoms with Crippen LogP contribution >= 0.6 is 0 Å². The van der Waals surface area contributed by atoms with Gasteiger partial charge in [0.25, 0.3) is 0 Å². The first-order valence-corrected chi connectivity index (χ1v) is 4.08. The second-order valence-corrected chi connectivity index (χ2v) is 3.29. The highest BCUT2D eigenvalue weighted by Gasteiger charge is 2.20. The molecule has 1 heteroatoms. The first-order valence-electron chi connectivity index (χ1n) is 4.08. The lowest BCUT2D eigenvalue weighted by Gasteiger charge is -1.93. The maximum atomic E-state index is 9.36. The van der Waals surface area contributed by atoms with Crippen molar-refractivity contribution >= 4 is 0 Å². The number of rotatable bonds is 0. The van der Waals surface area contributed by atoms with E-state index in [-0.39, 0.29) is 0 Å². The molecular weight excluding hydrogens is 148 g/mol. The summed E-state index contributed by atoms with van der Waals surface area (Å²) < 4.78 is 0. The van der Waals surface area contributed by atoms with E-state index in [1.165, 1.54) is 22.3 Å². The Morgan fingerprint density at radius 1 is 0.917 bits per heavy atom. The Bertz CT molecular complexity index is 432. The minimum Gasteiger partial charge on any atom is -0.508 e. The zero-order valence-corrected chi connectivity index (χ0v) is 6.54. The second kappa shape index (κ2) is 1.81. The molecule has 0 unspecified atom stereocenters. The summed E-state index contributed by atoms with van der Waals surface area (Å²) in [6, 6.07) is 9.88.